The van der Waals surface area contributed by atoms with Gasteiger partial charge < -0.3 is 10.2 Å². The van der Waals surface area contributed by atoms with Gasteiger partial charge >= 0.3 is 0 Å². The second-order valence-corrected chi connectivity index (χ2v) is 5.54. The highest BCUT2D eigenvalue weighted by molar-refractivity contribution is 5.91. The zero-order valence-electron chi connectivity index (χ0n) is 11.4. The maximum atomic E-state index is 11.2. The summed E-state index contributed by atoms with van der Waals surface area (Å²) in [4.78, 5) is 13.4. The Balaban J connectivity index is 3.73. The molecule has 0 atom stereocenters. The Bertz CT molecular complexity index is 244. The third-order valence-electron chi connectivity index (χ3n) is 2.45. The molecule has 0 saturated carbocycles. The average Bonchev–Trinajstić information content (AvgIpc) is 2.09. The van der Waals surface area contributed by atoms with Crippen LogP contribution in [0.15, 0.2) is 12.2 Å². The first-order chi connectivity index (χ1) is 7.24. The maximum Gasteiger partial charge on any atom is 0.246 e. The average molecular weight is 226 g/mol. The third kappa shape index (κ3) is 7.46. The number of hydrogen-bond acceptors (Lipinski definition) is 2. The number of hydrogen-bond donors (Lipinski definition) is 1. The van der Waals surface area contributed by atoms with Crippen LogP contribution in [0.4, 0.5) is 0 Å². The van der Waals surface area contributed by atoms with E-state index >= 15 is 0 Å². The van der Waals surface area contributed by atoms with Crippen LogP contribution < -0.4 is 5.32 Å². The molecule has 3 heteroatoms. The van der Waals surface area contributed by atoms with Gasteiger partial charge in [0.2, 0.25) is 5.91 Å². The van der Waals surface area contributed by atoms with Gasteiger partial charge in [0.15, 0.2) is 0 Å². The largest absolute Gasteiger partial charge is 0.352 e. The molecule has 1 N–H and O–H groups in total. The Labute approximate surface area is 99.9 Å². The molecule has 3 nitrogen and oxygen atoms in total. The Morgan fingerprint density at radius 1 is 1.38 bits per heavy atom. The van der Waals surface area contributed by atoms with E-state index in [2.05, 4.69) is 44.7 Å². The van der Waals surface area contributed by atoms with Crippen molar-refractivity contribution in [2.24, 2.45) is 5.41 Å². The highest BCUT2D eigenvalue weighted by Crippen LogP contribution is 2.22. The molecular formula is C13H26N2O. The molecule has 0 bridgehead atoms. The minimum Gasteiger partial charge on any atom is -0.352 e. The summed E-state index contributed by atoms with van der Waals surface area (Å²) in [5, 5.41) is 2.86. The Hall–Kier alpha value is -0.830. The van der Waals surface area contributed by atoms with Crippen LogP contribution in [0.25, 0.3) is 0 Å². The van der Waals surface area contributed by atoms with Crippen molar-refractivity contribution in [3.63, 3.8) is 0 Å². The fourth-order valence-electron chi connectivity index (χ4n) is 1.85. The van der Waals surface area contributed by atoms with Crippen molar-refractivity contribution < 1.29 is 4.79 Å². The first kappa shape index (κ1) is 15.2. The molecule has 0 aliphatic heterocycles. The molecule has 0 fully saturated rings. The smallest absolute Gasteiger partial charge is 0.246 e. The van der Waals surface area contributed by atoms with E-state index < -0.39 is 0 Å². The summed E-state index contributed by atoms with van der Waals surface area (Å²) in [6.45, 7) is 11.7. The van der Waals surface area contributed by atoms with Crippen LogP contribution in [0.2, 0.25) is 0 Å². The monoisotopic (exact) mass is 226 g/mol. The van der Waals surface area contributed by atoms with Crippen LogP contribution in [0.1, 0.15) is 33.6 Å². The Morgan fingerprint density at radius 3 is 2.38 bits per heavy atom. The van der Waals surface area contributed by atoms with Crippen LogP contribution in [0.5, 0.6) is 0 Å². The zero-order chi connectivity index (χ0) is 12.8. The second kappa shape index (κ2) is 6.69. The van der Waals surface area contributed by atoms with Gasteiger partial charge in [-0.1, -0.05) is 20.4 Å². The molecule has 0 unspecified atom stereocenters. The Kier molecular flexibility index (Phi) is 6.34. The van der Waals surface area contributed by atoms with Crippen LogP contribution in [-0.2, 0) is 4.79 Å². The standard InChI is InChI=1S/C13H26N2O/c1-11(2)12(16)14-9-7-8-13(3,4)10-15(5)6/h1,7-10H2,2-6H3,(H,14,16). The molecule has 1 amide bonds. The zero-order valence-corrected chi connectivity index (χ0v) is 11.4. The molecule has 0 heterocycles. The van der Waals surface area contributed by atoms with E-state index in [1.807, 2.05) is 0 Å². The van der Waals surface area contributed by atoms with Crippen molar-refractivity contribution in [1.29, 1.82) is 0 Å². The van der Waals surface area contributed by atoms with Crippen molar-refractivity contribution in [2.45, 2.75) is 33.6 Å². The summed E-state index contributed by atoms with van der Waals surface area (Å²) in [5.74, 6) is -0.0367. The van der Waals surface area contributed by atoms with E-state index in [0.717, 1.165) is 25.9 Å². The molecule has 0 saturated heterocycles. The molecule has 0 aliphatic rings. The van der Waals surface area contributed by atoms with Crippen molar-refractivity contribution in [1.82, 2.24) is 10.2 Å². The molecule has 0 aliphatic carbocycles. The van der Waals surface area contributed by atoms with Gasteiger partial charge in [0.1, 0.15) is 0 Å². The van der Waals surface area contributed by atoms with Crippen molar-refractivity contribution in [3.8, 4) is 0 Å². The molecule has 0 radical (unpaired) electrons. The molecule has 0 aromatic carbocycles. The van der Waals surface area contributed by atoms with Crippen LogP contribution in [0, 0.1) is 5.41 Å². The van der Waals surface area contributed by atoms with Gasteiger partial charge in [-0.25, -0.2) is 0 Å². The van der Waals surface area contributed by atoms with E-state index in [4.69, 9.17) is 0 Å². The summed E-state index contributed by atoms with van der Waals surface area (Å²) in [5.41, 5.74) is 0.879. The highest BCUT2D eigenvalue weighted by Gasteiger charge is 2.18. The number of carbonyl (C=O) groups is 1. The van der Waals surface area contributed by atoms with Crippen molar-refractivity contribution in [2.75, 3.05) is 27.2 Å². The van der Waals surface area contributed by atoms with Gasteiger partial charge in [-0.15, -0.1) is 0 Å². The van der Waals surface area contributed by atoms with Crippen LogP contribution >= 0.6 is 0 Å². The van der Waals surface area contributed by atoms with Gasteiger partial charge in [-0.05, 0) is 39.3 Å². The number of nitrogens with one attached hydrogen (secondary N) is 1. The van der Waals surface area contributed by atoms with Crippen LogP contribution in [-0.4, -0.2) is 38.0 Å². The van der Waals surface area contributed by atoms with Gasteiger partial charge in [-0.2, -0.15) is 0 Å². The normalized spacial score (nSPS) is 11.6. The lowest BCUT2D eigenvalue weighted by Gasteiger charge is -2.28. The summed E-state index contributed by atoms with van der Waals surface area (Å²) < 4.78 is 0. The van der Waals surface area contributed by atoms with Crippen molar-refractivity contribution in [3.05, 3.63) is 12.2 Å². The molecule has 94 valence electrons. The van der Waals surface area contributed by atoms with E-state index in [1.54, 1.807) is 6.92 Å². The number of nitrogens with zero attached hydrogens (tertiary/aromatic N) is 1. The number of rotatable bonds is 7. The van der Waals surface area contributed by atoms with Crippen LogP contribution in [0.3, 0.4) is 0 Å². The Morgan fingerprint density at radius 2 is 1.94 bits per heavy atom. The lowest BCUT2D eigenvalue weighted by molar-refractivity contribution is -0.117. The molecular weight excluding hydrogens is 200 g/mol. The molecule has 16 heavy (non-hydrogen) atoms. The second-order valence-electron chi connectivity index (χ2n) is 5.54. The summed E-state index contributed by atoms with van der Waals surface area (Å²) in [7, 11) is 4.18. The van der Waals surface area contributed by atoms with Crippen molar-refractivity contribution >= 4 is 5.91 Å². The van der Waals surface area contributed by atoms with Gasteiger partial charge in [0.05, 0.1) is 0 Å². The molecule has 0 aromatic heterocycles. The van der Waals surface area contributed by atoms with Gasteiger partial charge in [0, 0.05) is 18.7 Å². The van der Waals surface area contributed by atoms with E-state index in [9.17, 15) is 4.79 Å². The minimum absolute atomic E-state index is 0.0367. The SMILES string of the molecule is C=C(C)C(=O)NCCCC(C)(C)CN(C)C. The minimum atomic E-state index is -0.0367. The fraction of sp³-hybridized carbons (Fsp3) is 0.769. The summed E-state index contributed by atoms with van der Waals surface area (Å²) in [6.07, 6.45) is 2.13. The van der Waals surface area contributed by atoms with E-state index in [-0.39, 0.29) is 5.91 Å². The maximum absolute atomic E-state index is 11.2. The van der Waals surface area contributed by atoms with E-state index in [1.165, 1.54) is 0 Å². The third-order valence-corrected chi connectivity index (χ3v) is 2.45. The van der Waals surface area contributed by atoms with E-state index in [0.29, 0.717) is 11.0 Å². The molecule has 0 spiro atoms. The summed E-state index contributed by atoms with van der Waals surface area (Å²) >= 11 is 0. The lowest BCUT2D eigenvalue weighted by atomic mass is 9.87. The first-order valence-electron chi connectivity index (χ1n) is 5.83. The first-order valence-corrected chi connectivity index (χ1v) is 5.83. The quantitative estimate of drug-likeness (QED) is 0.532. The number of amides is 1. The molecule has 0 rings (SSSR count). The predicted octanol–water partition coefficient (Wildman–Crippen LogP) is 2.05. The fourth-order valence-corrected chi connectivity index (χ4v) is 1.85. The summed E-state index contributed by atoms with van der Waals surface area (Å²) in [6, 6.07) is 0. The number of carbonyl (C=O) groups excluding carboxylic acids is 1. The predicted molar refractivity (Wildman–Crippen MR) is 69.4 cm³/mol. The highest BCUT2D eigenvalue weighted by atomic mass is 16.1. The van der Waals surface area contributed by atoms with Gasteiger partial charge in [-0.3, -0.25) is 4.79 Å². The lowest BCUT2D eigenvalue weighted by Crippen LogP contribution is -2.30. The molecule has 0 aromatic rings. The topological polar surface area (TPSA) is 32.3 Å². The van der Waals surface area contributed by atoms with Gasteiger partial charge in [0.25, 0.3) is 0 Å².